The van der Waals surface area contributed by atoms with Gasteiger partial charge in [0.1, 0.15) is 17.6 Å². The Morgan fingerprint density at radius 1 is 1.35 bits per heavy atom. The number of para-hydroxylation sites is 1. The molecule has 4 aliphatic rings. The normalized spacial score (nSPS) is 39.3. The average Bonchev–Trinajstić information content (AvgIpc) is 3.29. The molecular weight excluding hydrogens is 400 g/mol. The molecule has 2 saturated heterocycles. The van der Waals surface area contributed by atoms with Crippen molar-refractivity contribution in [2.45, 2.75) is 22.6 Å². The zero-order valence-corrected chi connectivity index (χ0v) is 15.2. The van der Waals surface area contributed by atoms with E-state index in [9.17, 15) is 14.7 Å². The number of carbonyl (C=O) groups excluding carboxylic acids is 1. The number of H-pyrrole nitrogens is 1. The molecule has 0 aliphatic carbocycles. The van der Waals surface area contributed by atoms with Crippen LogP contribution in [0, 0.1) is 11.8 Å². The first kappa shape index (κ1) is 15.0. The molecular formula is C19H15BrN2O4. The Labute approximate surface area is 156 Å². The summed E-state index contributed by atoms with van der Waals surface area (Å²) in [7, 11) is 0. The van der Waals surface area contributed by atoms with E-state index in [0.29, 0.717) is 6.54 Å². The van der Waals surface area contributed by atoms with Crippen LogP contribution in [0.5, 0.6) is 0 Å². The molecule has 7 heteroatoms. The van der Waals surface area contributed by atoms with E-state index < -0.39 is 27.9 Å². The lowest BCUT2D eigenvalue weighted by atomic mass is 9.73. The number of amides is 1. The van der Waals surface area contributed by atoms with E-state index in [4.69, 9.17) is 4.74 Å². The van der Waals surface area contributed by atoms with Crippen LogP contribution in [-0.4, -0.2) is 43.5 Å². The van der Waals surface area contributed by atoms with E-state index in [-0.39, 0.29) is 11.9 Å². The van der Waals surface area contributed by atoms with Gasteiger partial charge in [-0.05, 0) is 46.1 Å². The number of halogens is 1. The van der Waals surface area contributed by atoms with Gasteiger partial charge in [0.25, 0.3) is 0 Å². The number of alkyl halides is 1. The highest BCUT2D eigenvalue weighted by molar-refractivity contribution is 9.10. The summed E-state index contributed by atoms with van der Waals surface area (Å²) in [6.07, 6.45) is 4.41. The molecule has 1 amide bonds. The van der Waals surface area contributed by atoms with Crippen molar-refractivity contribution in [3.05, 3.63) is 47.7 Å². The number of fused-ring (bicyclic) bond motifs is 6. The number of carboxylic acid groups (broad SMARTS) is 1. The second kappa shape index (κ2) is 4.40. The first-order chi connectivity index (χ1) is 12.5. The predicted molar refractivity (Wildman–Crippen MR) is 95.7 cm³/mol. The van der Waals surface area contributed by atoms with Gasteiger partial charge in [-0.3, -0.25) is 9.59 Å². The quantitative estimate of drug-likeness (QED) is 0.554. The smallest absolute Gasteiger partial charge is 0.311 e. The molecule has 4 aliphatic heterocycles. The minimum atomic E-state index is -1.12. The fraction of sp³-hybridized carbons (Fsp3) is 0.368. The Kier molecular flexibility index (Phi) is 2.54. The molecule has 2 bridgehead atoms. The van der Waals surface area contributed by atoms with Crippen LogP contribution in [0.4, 0.5) is 0 Å². The van der Waals surface area contributed by atoms with Gasteiger partial charge in [-0.25, -0.2) is 0 Å². The first-order valence-corrected chi connectivity index (χ1v) is 9.48. The fourth-order valence-corrected chi connectivity index (χ4v) is 6.37. The van der Waals surface area contributed by atoms with Gasteiger partial charge in [0.05, 0.1) is 5.92 Å². The number of aromatic amines is 1. The maximum absolute atomic E-state index is 13.2. The highest BCUT2D eigenvalue weighted by atomic mass is 79.9. The van der Waals surface area contributed by atoms with Gasteiger partial charge in [-0.2, -0.15) is 0 Å². The van der Waals surface area contributed by atoms with Crippen molar-refractivity contribution in [2.24, 2.45) is 11.8 Å². The molecule has 5 atom stereocenters. The van der Waals surface area contributed by atoms with Crippen LogP contribution in [0.3, 0.4) is 0 Å². The van der Waals surface area contributed by atoms with Crippen LogP contribution in [0.15, 0.2) is 36.4 Å². The molecule has 6 rings (SSSR count). The molecule has 2 fully saturated rings. The summed E-state index contributed by atoms with van der Waals surface area (Å²) < 4.78 is 5.16. The maximum atomic E-state index is 13.2. The summed E-state index contributed by atoms with van der Waals surface area (Å²) in [5, 5.41) is 10.9. The Bertz CT molecular complexity index is 1050. The lowest BCUT2D eigenvalue weighted by Crippen LogP contribution is -2.42. The summed E-state index contributed by atoms with van der Waals surface area (Å²) in [4.78, 5) is 30.4. The number of carbonyl (C=O) groups is 2. The average molecular weight is 415 g/mol. The molecule has 2 aromatic rings. The van der Waals surface area contributed by atoms with Crippen LogP contribution < -0.4 is 0 Å². The standard InChI is InChI=1S/C19H15BrN2O4/c20-19-7-6-18(26-19)12(13(19)17(24)25)16(23)22-8-5-10-9-3-1-2-4-11(9)21-14(10)15(18)22/h1-4,6-7,12-13,15,21H,5,8H2,(H,24,25)/t12-,13+,15-,18-,19+/m1/s1. The molecule has 1 aromatic carbocycles. The van der Waals surface area contributed by atoms with Gasteiger partial charge < -0.3 is 19.7 Å². The highest BCUT2D eigenvalue weighted by Crippen LogP contribution is 2.66. The molecule has 0 saturated carbocycles. The molecule has 1 spiro atoms. The molecule has 0 unspecified atom stereocenters. The number of hydrogen-bond donors (Lipinski definition) is 2. The van der Waals surface area contributed by atoms with Crippen molar-refractivity contribution >= 4 is 38.7 Å². The van der Waals surface area contributed by atoms with E-state index in [1.54, 1.807) is 11.0 Å². The number of rotatable bonds is 1. The van der Waals surface area contributed by atoms with Gasteiger partial charge in [0.15, 0.2) is 4.51 Å². The zero-order chi connectivity index (χ0) is 17.8. The van der Waals surface area contributed by atoms with Crippen LogP contribution >= 0.6 is 15.9 Å². The lowest BCUT2D eigenvalue weighted by molar-refractivity contribution is -0.149. The monoisotopic (exact) mass is 414 g/mol. The van der Waals surface area contributed by atoms with Gasteiger partial charge in [-0.1, -0.05) is 18.2 Å². The molecule has 2 N–H and O–H groups in total. The van der Waals surface area contributed by atoms with Crippen LogP contribution in [-0.2, 0) is 20.7 Å². The molecule has 5 heterocycles. The summed E-state index contributed by atoms with van der Waals surface area (Å²) >= 11 is 3.45. The van der Waals surface area contributed by atoms with E-state index in [1.165, 1.54) is 5.56 Å². The van der Waals surface area contributed by atoms with Crippen LogP contribution in [0.2, 0.25) is 0 Å². The second-order valence-electron chi connectivity index (χ2n) is 7.53. The Hall–Kier alpha value is -2.12. The predicted octanol–water partition coefficient (Wildman–Crippen LogP) is 2.35. The zero-order valence-electron chi connectivity index (χ0n) is 13.6. The van der Waals surface area contributed by atoms with Gasteiger partial charge in [-0.15, -0.1) is 0 Å². The maximum Gasteiger partial charge on any atom is 0.311 e. The summed E-state index contributed by atoms with van der Waals surface area (Å²) in [5.74, 6) is -2.79. The van der Waals surface area contributed by atoms with Crippen molar-refractivity contribution in [2.75, 3.05) is 6.54 Å². The summed E-state index contributed by atoms with van der Waals surface area (Å²) in [6, 6.07) is 7.78. The van der Waals surface area contributed by atoms with Crippen molar-refractivity contribution in [3.8, 4) is 0 Å². The number of benzene rings is 1. The van der Waals surface area contributed by atoms with E-state index >= 15 is 0 Å². The summed E-state index contributed by atoms with van der Waals surface area (Å²) in [6.45, 7) is 0.579. The first-order valence-electron chi connectivity index (χ1n) is 8.68. The van der Waals surface area contributed by atoms with Gasteiger partial charge in [0, 0.05) is 23.1 Å². The van der Waals surface area contributed by atoms with Crippen molar-refractivity contribution in [1.82, 2.24) is 9.88 Å². The Morgan fingerprint density at radius 3 is 2.96 bits per heavy atom. The number of aliphatic carboxylic acids is 1. The summed E-state index contributed by atoms with van der Waals surface area (Å²) in [5.41, 5.74) is 2.26. The highest BCUT2D eigenvalue weighted by Gasteiger charge is 2.76. The van der Waals surface area contributed by atoms with Gasteiger partial charge >= 0.3 is 5.97 Å². The third-order valence-electron chi connectivity index (χ3n) is 6.42. The van der Waals surface area contributed by atoms with Crippen molar-refractivity contribution < 1.29 is 19.4 Å². The van der Waals surface area contributed by atoms with E-state index in [0.717, 1.165) is 23.0 Å². The molecule has 1 aromatic heterocycles. The van der Waals surface area contributed by atoms with Crippen molar-refractivity contribution in [3.63, 3.8) is 0 Å². The van der Waals surface area contributed by atoms with Crippen LogP contribution in [0.1, 0.15) is 17.3 Å². The molecule has 0 radical (unpaired) electrons. The second-order valence-corrected chi connectivity index (χ2v) is 8.77. The number of nitrogens with one attached hydrogen (secondary N) is 1. The van der Waals surface area contributed by atoms with E-state index in [1.807, 2.05) is 24.3 Å². The Balaban J connectivity index is 1.61. The lowest BCUT2D eigenvalue weighted by Gasteiger charge is -2.36. The number of aromatic nitrogens is 1. The van der Waals surface area contributed by atoms with Crippen molar-refractivity contribution in [1.29, 1.82) is 0 Å². The number of nitrogens with zero attached hydrogens (tertiary/aromatic N) is 1. The molecule has 26 heavy (non-hydrogen) atoms. The largest absolute Gasteiger partial charge is 0.481 e. The SMILES string of the molecule is O=C(O)[C@@H]1[C@@H]2C(=O)N3CCc4c([nH]c5ccccc45)[C@@H]3[C@@]23C=C[C@]1(Br)O3. The molecule has 6 nitrogen and oxygen atoms in total. The minimum absolute atomic E-state index is 0.127. The number of hydrogen-bond acceptors (Lipinski definition) is 3. The molecule has 132 valence electrons. The topological polar surface area (TPSA) is 82.6 Å². The van der Waals surface area contributed by atoms with Gasteiger partial charge in [0.2, 0.25) is 5.91 Å². The van der Waals surface area contributed by atoms with E-state index in [2.05, 4.69) is 27.0 Å². The minimum Gasteiger partial charge on any atom is -0.481 e. The van der Waals surface area contributed by atoms with Crippen LogP contribution in [0.25, 0.3) is 10.9 Å². The Morgan fingerprint density at radius 2 is 2.15 bits per heavy atom. The third kappa shape index (κ3) is 1.46. The third-order valence-corrected chi connectivity index (χ3v) is 7.34. The fourth-order valence-electron chi connectivity index (χ4n) is 5.49. The number of ether oxygens (including phenoxy) is 1. The number of carboxylic acids is 1.